The van der Waals surface area contributed by atoms with Gasteiger partial charge in [-0.25, -0.2) is 8.42 Å². The molecule has 13 nitrogen and oxygen atoms in total. The third kappa shape index (κ3) is 3.52. The van der Waals surface area contributed by atoms with E-state index in [0.29, 0.717) is 6.07 Å². The Kier molecular flexibility index (Phi) is 4.38. The van der Waals surface area contributed by atoms with Crippen molar-refractivity contribution in [1.82, 2.24) is 9.78 Å². The van der Waals surface area contributed by atoms with E-state index >= 15 is 0 Å². The Morgan fingerprint density at radius 1 is 1.28 bits per heavy atom. The summed E-state index contributed by atoms with van der Waals surface area (Å²) in [6.45, 7) is 0. The second-order valence-electron chi connectivity index (χ2n) is 4.70. The van der Waals surface area contributed by atoms with Crippen LogP contribution < -0.4 is 10.5 Å². The molecule has 0 saturated heterocycles. The molecule has 1 aromatic carbocycles. The topological polar surface area (TPSA) is 193 Å². The summed E-state index contributed by atoms with van der Waals surface area (Å²) in [5.41, 5.74) is 2.76. The lowest BCUT2D eigenvalue weighted by atomic mass is 10.3. The van der Waals surface area contributed by atoms with Gasteiger partial charge in [0.1, 0.15) is 0 Å². The van der Waals surface area contributed by atoms with Gasteiger partial charge in [-0.2, -0.15) is 5.10 Å². The van der Waals surface area contributed by atoms with E-state index in [1.54, 1.807) is 0 Å². The summed E-state index contributed by atoms with van der Waals surface area (Å²) in [5, 5.41) is 25.5. The summed E-state index contributed by atoms with van der Waals surface area (Å²) in [5.74, 6) is -1.02. The van der Waals surface area contributed by atoms with Crippen molar-refractivity contribution in [2.75, 3.05) is 4.72 Å². The van der Waals surface area contributed by atoms with Gasteiger partial charge in [0.25, 0.3) is 27.3 Å². The van der Waals surface area contributed by atoms with Gasteiger partial charge in [0.2, 0.25) is 0 Å². The molecule has 1 amide bonds. The number of hydrogen-bond donors (Lipinski definition) is 2. The Morgan fingerprint density at radius 3 is 2.44 bits per heavy atom. The Labute approximate surface area is 139 Å². The summed E-state index contributed by atoms with van der Waals surface area (Å²) in [4.78, 5) is 30.3. The van der Waals surface area contributed by atoms with Gasteiger partial charge in [0.15, 0.2) is 10.6 Å². The molecule has 1 aromatic heterocycles. The van der Waals surface area contributed by atoms with E-state index in [-0.39, 0.29) is 5.69 Å². The molecule has 1 heterocycles. The Balaban J connectivity index is 2.55. The molecule has 0 aliphatic carbocycles. The molecule has 2 aromatic rings. The summed E-state index contributed by atoms with van der Waals surface area (Å²) in [6, 6.07) is 2.05. The van der Waals surface area contributed by atoms with Crippen LogP contribution in [-0.4, -0.2) is 34.0 Å². The van der Waals surface area contributed by atoms with E-state index in [0.717, 1.165) is 23.0 Å². The molecule has 0 spiro atoms. The zero-order valence-corrected chi connectivity index (χ0v) is 13.3. The Morgan fingerprint density at radius 2 is 1.92 bits per heavy atom. The lowest BCUT2D eigenvalue weighted by molar-refractivity contribution is -0.396. The van der Waals surface area contributed by atoms with Crippen LogP contribution in [0.15, 0.2) is 29.3 Å². The number of sulfonamides is 1. The van der Waals surface area contributed by atoms with Crippen molar-refractivity contribution in [2.45, 2.75) is 4.90 Å². The molecular formula is C11H10N6O7S. The zero-order chi connectivity index (χ0) is 18.9. The maximum absolute atomic E-state index is 12.4. The number of primary amides is 1. The molecule has 2 rings (SSSR count). The smallest absolute Gasteiger partial charge is 0.296 e. The number of nitrogens with one attached hydrogen (secondary N) is 1. The molecule has 3 N–H and O–H groups in total. The third-order valence-corrected chi connectivity index (χ3v) is 4.36. The second kappa shape index (κ2) is 6.16. The molecule has 0 aliphatic heterocycles. The molecule has 0 bridgehead atoms. The lowest BCUT2D eigenvalue weighted by Gasteiger charge is -2.07. The van der Waals surface area contributed by atoms with Gasteiger partial charge in [0, 0.05) is 19.3 Å². The molecule has 14 heteroatoms. The number of nitrogens with two attached hydrogens (primary N) is 1. The highest BCUT2D eigenvalue weighted by Gasteiger charge is 2.30. The van der Waals surface area contributed by atoms with Gasteiger partial charge < -0.3 is 5.73 Å². The second-order valence-corrected chi connectivity index (χ2v) is 6.35. The molecule has 132 valence electrons. The Hall–Kier alpha value is -3.55. The molecule has 0 saturated carbocycles. The van der Waals surface area contributed by atoms with Gasteiger partial charge in [-0.05, 0) is 6.07 Å². The highest BCUT2D eigenvalue weighted by atomic mass is 32.2. The quantitative estimate of drug-likeness (QED) is 0.529. The van der Waals surface area contributed by atoms with Gasteiger partial charge >= 0.3 is 0 Å². The Bertz CT molecular complexity index is 996. The average Bonchev–Trinajstić information content (AvgIpc) is 2.86. The first-order valence-electron chi connectivity index (χ1n) is 6.32. The highest BCUT2D eigenvalue weighted by Crippen LogP contribution is 2.30. The molecule has 0 aliphatic rings. The molecule has 0 fully saturated rings. The van der Waals surface area contributed by atoms with Crippen LogP contribution in [0.4, 0.5) is 17.1 Å². The number of nitro groups is 2. The fraction of sp³-hybridized carbons (Fsp3) is 0.0909. The number of carbonyl (C=O) groups excluding carboxylic acids is 1. The van der Waals surface area contributed by atoms with E-state index in [4.69, 9.17) is 5.73 Å². The summed E-state index contributed by atoms with van der Waals surface area (Å²) < 4.78 is 27.9. The molecule has 0 atom stereocenters. The molecule has 0 radical (unpaired) electrons. The maximum Gasteiger partial charge on any atom is 0.296 e. The maximum atomic E-state index is 12.4. The van der Waals surface area contributed by atoms with E-state index < -0.39 is 47.7 Å². The highest BCUT2D eigenvalue weighted by molar-refractivity contribution is 7.92. The largest absolute Gasteiger partial charge is 0.364 e. The van der Waals surface area contributed by atoms with E-state index in [1.165, 1.54) is 7.05 Å². The van der Waals surface area contributed by atoms with Crippen molar-refractivity contribution in [1.29, 1.82) is 0 Å². The fourth-order valence-corrected chi connectivity index (χ4v) is 3.14. The molecular weight excluding hydrogens is 360 g/mol. The van der Waals surface area contributed by atoms with Crippen molar-refractivity contribution in [3.63, 3.8) is 0 Å². The zero-order valence-electron chi connectivity index (χ0n) is 12.4. The number of anilines is 1. The number of aryl methyl sites for hydroxylation is 1. The van der Waals surface area contributed by atoms with Gasteiger partial charge in [-0.15, -0.1) is 0 Å². The average molecular weight is 370 g/mol. The summed E-state index contributed by atoms with van der Waals surface area (Å²) in [7, 11) is -3.15. The molecule has 0 unspecified atom stereocenters. The van der Waals surface area contributed by atoms with Gasteiger partial charge in [0.05, 0.1) is 21.6 Å². The standard InChI is InChI=1S/C11H10N6O7S/c1-15-5-7(10(13-15)11(12)18)14-25(23,24)9-3-2-6(16(19)20)4-8(9)17(21)22/h2-5,14H,1H3,(H2,12,18). The van der Waals surface area contributed by atoms with E-state index in [1.807, 2.05) is 4.72 Å². The third-order valence-electron chi connectivity index (χ3n) is 2.95. The van der Waals surface area contributed by atoms with Crippen molar-refractivity contribution in [3.05, 3.63) is 50.3 Å². The van der Waals surface area contributed by atoms with E-state index in [9.17, 15) is 33.4 Å². The number of amides is 1. The van der Waals surface area contributed by atoms with E-state index in [2.05, 4.69) is 5.10 Å². The van der Waals surface area contributed by atoms with Crippen LogP contribution in [0.1, 0.15) is 10.5 Å². The van der Waals surface area contributed by atoms with Crippen molar-refractivity contribution in [2.24, 2.45) is 12.8 Å². The minimum atomic E-state index is -4.55. The minimum Gasteiger partial charge on any atom is -0.364 e. The predicted octanol–water partition coefficient (Wildman–Crippen LogP) is 0.136. The first-order valence-corrected chi connectivity index (χ1v) is 7.80. The molecule has 25 heavy (non-hydrogen) atoms. The van der Waals surface area contributed by atoms with Crippen LogP contribution in [0.25, 0.3) is 0 Å². The van der Waals surface area contributed by atoms with Crippen molar-refractivity contribution >= 4 is 33.0 Å². The number of nitro benzene ring substituents is 2. The van der Waals surface area contributed by atoms with Gasteiger partial charge in [-0.1, -0.05) is 0 Å². The monoisotopic (exact) mass is 370 g/mol. The predicted molar refractivity (Wildman–Crippen MR) is 82.3 cm³/mol. The number of carbonyl (C=O) groups is 1. The van der Waals surface area contributed by atoms with Crippen molar-refractivity contribution in [3.8, 4) is 0 Å². The van der Waals surface area contributed by atoms with Crippen LogP contribution >= 0.6 is 0 Å². The lowest BCUT2D eigenvalue weighted by Crippen LogP contribution is -2.19. The van der Waals surface area contributed by atoms with Crippen LogP contribution in [-0.2, 0) is 17.1 Å². The first-order chi connectivity index (χ1) is 11.5. The summed E-state index contributed by atoms with van der Waals surface area (Å²) in [6.07, 6.45) is 1.13. The summed E-state index contributed by atoms with van der Waals surface area (Å²) >= 11 is 0. The number of non-ortho nitro benzene ring substituents is 1. The number of rotatable bonds is 6. The fourth-order valence-electron chi connectivity index (χ4n) is 1.93. The first kappa shape index (κ1) is 17.8. The van der Waals surface area contributed by atoms with Crippen LogP contribution in [0.5, 0.6) is 0 Å². The normalized spacial score (nSPS) is 11.1. The van der Waals surface area contributed by atoms with Crippen LogP contribution in [0.2, 0.25) is 0 Å². The number of nitrogens with zero attached hydrogens (tertiary/aromatic N) is 4. The van der Waals surface area contributed by atoms with Crippen molar-refractivity contribution < 1.29 is 23.1 Å². The van der Waals surface area contributed by atoms with Crippen LogP contribution in [0, 0.1) is 20.2 Å². The number of aromatic nitrogens is 2. The number of benzene rings is 1. The minimum absolute atomic E-state index is 0.289. The van der Waals surface area contributed by atoms with Gasteiger partial charge in [-0.3, -0.25) is 34.4 Å². The SMILES string of the molecule is Cn1cc(NS(=O)(=O)c2ccc([N+](=O)[O-])cc2[N+](=O)[O-])c(C(N)=O)n1. The van der Waals surface area contributed by atoms with Crippen LogP contribution in [0.3, 0.4) is 0 Å². The number of hydrogen-bond acceptors (Lipinski definition) is 8.